The highest BCUT2D eigenvalue weighted by Gasteiger charge is 2.39. The van der Waals surface area contributed by atoms with E-state index in [0.717, 1.165) is 42.9 Å². The lowest BCUT2D eigenvalue weighted by atomic mass is 9.91. The van der Waals surface area contributed by atoms with Crippen molar-refractivity contribution in [2.24, 2.45) is 5.73 Å². The van der Waals surface area contributed by atoms with Crippen LogP contribution in [0, 0.1) is 0 Å². The first kappa shape index (κ1) is 18.3. The number of fused-ring (bicyclic) bond motifs is 3. The van der Waals surface area contributed by atoms with Gasteiger partial charge in [0.1, 0.15) is 5.75 Å². The van der Waals surface area contributed by atoms with E-state index in [1.807, 2.05) is 29.2 Å². The molecule has 150 valence electrons. The predicted octanol–water partition coefficient (Wildman–Crippen LogP) is 3.60. The van der Waals surface area contributed by atoms with Gasteiger partial charge in [0, 0.05) is 37.9 Å². The van der Waals surface area contributed by atoms with Crippen LogP contribution in [0.3, 0.4) is 0 Å². The normalized spacial score (nSPS) is 22.0. The van der Waals surface area contributed by atoms with Crippen LogP contribution < -0.4 is 10.5 Å². The molecule has 5 rings (SSSR count). The summed E-state index contributed by atoms with van der Waals surface area (Å²) < 4.78 is 6.92. The van der Waals surface area contributed by atoms with Gasteiger partial charge >= 0.3 is 6.03 Å². The molecule has 7 nitrogen and oxygen atoms in total. The molecule has 2 atom stereocenters. The number of pyridine rings is 1. The topological polar surface area (TPSA) is 84.6 Å². The van der Waals surface area contributed by atoms with Gasteiger partial charge in [-0.15, -0.1) is 0 Å². The fraction of sp³-hybridized carbons (Fsp3) is 0.381. The standard InChI is InChI=1S/C21H23N5O2S/c22-20(27)26-15-3-1-4-16(26)13-25(12-15)11-14-6-8-17(9-7-14)28-21-24-19-18(29-21)5-2-10-23-19/h2,5-10,15-16H,1,3-4,11-13H2,(H2,22,27)/t15-,16+. The van der Waals surface area contributed by atoms with E-state index in [2.05, 4.69) is 27.0 Å². The Labute approximate surface area is 173 Å². The molecule has 0 spiro atoms. The highest BCUT2D eigenvalue weighted by Crippen LogP contribution is 2.31. The summed E-state index contributed by atoms with van der Waals surface area (Å²) in [5.74, 6) is 0.767. The van der Waals surface area contributed by atoms with Gasteiger partial charge in [0.25, 0.3) is 5.19 Å². The Bertz CT molecular complexity index is 974. The number of carbonyl (C=O) groups excluding carboxylic acids is 1. The maximum atomic E-state index is 11.8. The molecule has 0 saturated carbocycles. The molecule has 29 heavy (non-hydrogen) atoms. The van der Waals surface area contributed by atoms with Crippen molar-refractivity contribution in [3.8, 4) is 10.9 Å². The average Bonchev–Trinajstić information content (AvgIpc) is 3.11. The zero-order valence-corrected chi connectivity index (χ0v) is 16.8. The Hall–Kier alpha value is -2.71. The van der Waals surface area contributed by atoms with Crippen molar-refractivity contribution in [2.45, 2.75) is 37.9 Å². The lowest BCUT2D eigenvalue weighted by molar-refractivity contribution is 0.0188. The van der Waals surface area contributed by atoms with Crippen LogP contribution in [-0.2, 0) is 6.54 Å². The molecule has 0 unspecified atom stereocenters. The number of amides is 2. The van der Waals surface area contributed by atoms with Gasteiger partial charge < -0.3 is 15.4 Å². The van der Waals surface area contributed by atoms with E-state index in [0.29, 0.717) is 10.8 Å². The summed E-state index contributed by atoms with van der Waals surface area (Å²) >= 11 is 1.49. The van der Waals surface area contributed by atoms with Crippen LogP contribution in [0.4, 0.5) is 4.79 Å². The highest BCUT2D eigenvalue weighted by atomic mass is 32.1. The van der Waals surface area contributed by atoms with Crippen molar-refractivity contribution in [1.82, 2.24) is 19.8 Å². The lowest BCUT2D eigenvalue weighted by Gasteiger charge is -2.49. The second-order valence-corrected chi connectivity index (χ2v) is 8.72. The average molecular weight is 410 g/mol. The maximum Gasteiger partial charge on any atom is 0.315 e. The van der Waals surface area contributed by atoms with Crippen LogP contribution in [-0.4, -0.2) is 51.0 Å². The van der Waals surface area contributed by atoms with Crippen LogP contribution in [0.2, 0.25) is 0 Å². The molecular formula is C21H23N5O2S. The van der Waals surface area contributed by atoms with Crippen molar-refractivity contribution in [3.63, 3.8) is 0 Å². The summed E-state index contributed by atoms with van der Waals surface area (Å²) in [6, 6.07) is 12.3. The van der Waals surface area contributed by atoms with Gasteiger partial charge in [0.05, 0.1) is 4.70 Å². The van der Waals surface area contributed by atoms with E-state index in [1.165, 1.54) is 23.3 Å². The molecule has 0 aliphatic carbocycles. The van der Waals surface area contributed by atoms with Gasteiger partial charge in [-0.2, -0.15) is 4.98 Å². The second-order valence-electron chi connectivity index (χ2n) is 7.73. The van der Waals surface area contributed by atoms with E-state index >= 15 is 0 Å². The summed E-state index contributed by atoms with van der Waals surface area (Å²) in [6.45, 7) is 2.64. The van der Waals surface area contributed by atoms with Crippen molar-refractivity contribution >= 4 is 27.7 Å². The Balaban J connectivity index is 1.23. The largest absolute Gasteiger partial charge is 0.431 e. The number of rotatable bonds is 4. The number of carbonyl (C=O) groups is 1. The first-order chi connectivity index (χ1) is 14.2. The molecule has 2 amide bonds. The summed E-state index contributed by atoms with van der Waals surface area (Å²) in [5, 5.41) is 0.599. The number of aromatic nitrogens is 2. The summed E-state index contributed by atoms with van der Waals surface area (Å²) in [4.78, 5) is 24.8. The molecule has 2 aliphatic rings. The third-order valence-corrected chi connectivity index (χ3v) is 6.62. The molecule has 0 radical (unpaired) electrons. The minimum Gasteiger partial charge on any atom is -0.431 e. The van der Waals surface area contributed by atoms with Crippen LogP contribution in [0.25, 0.3) is 10.3 Å². The Morgan fingerprint density at radius 2 is 1.93 bits per heavy atom. The molecule has 2 aliphatic heterocycles. The fourth-order valence-electron chi connectivity index (χ4n) is 4.50. The van der Waals surface area contributed by atoms with Crippen LogP contribution in [0.15, 0.2) is 42.6 Å². The maximum absolute atomic E-state index is 11.8. The van der Waals surface area contributed by atoms with E-state index in [4.69, 9.17) is 10.5 Å². The number of piperidine rings is 1. The smallest absolute Gasteiger partial charge is 0.315 e. The fourth-order valence-corrected chi connectivity index (χ4v) is 5.29. The molecule has 3 aromatic rings. The highest BCUT2D eigenvalue weighted by molar-refractivity contribution is 7.20. The van der Waals surface area contributed by atoms with E-state index in [-0.39, 0.29) is 18.1 Å². The molecule has 2 saturated heterocycles. The number of thiazole rings is 1. The number of piperazine rings is 1. The molecule has 2 aromatic heterocycles. The first-order valence-corrected chi connectivity index (χ1v) is 10.8. The number of hydrogen-bond donors (Lipinski definition) is 1. The number of nitrogens with two attached hydrogens (primary N) is 1. The molecule has 2 bridgehead atoms. The van der Waals surface area contributed by atoms with Crippen LogP contribution >= 0.6 is 11.3 Å². The number of hydrogen-bond acceptors (Lipinski definition) is 6. The monoisotopic (exact) mass is 409 g/mol. The SMILES string of the molecule is NC(=O)N1[C@@H]2CCC[C@H]1CN(Cc1ccc(Oc3nc4ncccc4s3)cc1)C2. The van der Waals surface area contributed by atoms with Crippen LogP contribution in [0.5, 0.6) is 10.9 Å². The van der Waals surface area contributed by atoms with Gasteiger partial charge in [-0.25, -0.2) is 9.78 Å². The number of ether oxygens (including phenoxy) is 1. The Morgan fingerprint density at radius 1 is 1.17 bits per heavy atom. The van der Waals surface area contributed by atoms with E-state index in [1.54, 1.807) is 6.20 Å². The minimum atomic E-state index is -0.272. The van der Waals surface area contributed by atoms with Crippen LogP contribution in [0.1, 0.15) is 24.8 Å². The Kier molecular flexibility index (Phi) is 4.81. The van der Waals surface area contributed by atoms with Crippen molar-refractivity contribution < 1.29 is 9.53 Å². The van der Waals surface area contributed by atoms with Crippen molar-refractivity contribution in [3.05, 3.63) is 48.2 Å². The van der Waals surface area contributed by atoms with E-state index in [9.17, 15) is 4.79 Å². The number of benzene rings is 1. The summed E-state index contributed by atoms with van der Waals surface area (Å²) in [7, 11) is 0. The summed E-state index contributed by atoms with van der Waals surface area (Å²) in [5.41, 5.74) is 7.55. The first-order valence-electron chi connectivity index (χ1n) is 9.94. The van der Waals surface area contributed by atoms with Crippen molar-refractivity contribution in [2.75, 3.05) is 13.1 Å². The van der Waals surface area contributed by atoms with Gasteiger partial charge in [-0.05, 0) is 49.1 Å². The van der Waals surface area contributed by atoms with Gasteiger partial charge in [-0.1, -0.05) is 23.5 Å². The molecule has 2 fully saturated rings. The van der Waals surface area contributed by atoms with Gasteiger partial charge in [0.15, 0.2) is 5.65 Å². The number of urea groups is 1. The van der Waals surface area contributed by atoms with Gasteiger partial charge in [-0.3, -0.25) is 4.90 Å². The third kappa shape index (κ3) is 3.77. The quantitative estimate of drug-likeness (QED) is 0.712. The summed E-state index contributed by atoms with van der Waals surface area (Å²) in [6.07, 6.45) is 5.00. The lowest BCUT2D eigenvalue weighted by Crippen LogP contribution is -2.63. The Morgan fingerprint density at radius 3 is 2.62 bits per heavy atom. The third-order valence-electron chi connectivity index (χ3n) is 5.73. The number of likely N-dealkylation sites (tertiary alicyclic amines) is 1. The minimum absolute atomic E-state index is 0.246. The molecule has 2 N–H and O–H groups in total. The second kappa shape index (κ2) is 7.61. The molecule has 4 heterocycles. The molecule has 1 aromatic carbocycles. The number of primary amides is 1. The van der Waals surface area contributed by atoms with Crippen molar-refractivity contribution in [1.29, 1.82) is 0 Å². The number of nitrogens with zero attached hydrogens (tertiary/aromatic N) is 4. The molecular weight excluding hydrogens is 386 g/mol. The zero-order valence-electron chi connectivity index (χ0n) is 16.0. The zero-order chi connectivity index (χ0) is 19.8. The van der Waals surface area contributed by atoms with Gasteiger partial charge in [0.2, 0.25) is 0 Å². The van der Waals surface area contributed by atoms with E-state index < -0.39 is 0 Å². The molecule has 8 heteroatoms. The predicted molar refractivity (Wildman–Crippen MR) is 112 cm³/mol.